The van der Waals surface area contributed by atoms with Crippen molar-refractivity contribution in [2.75, 3.05) is 6.54 Å². The molecule has 14 heavy (non-hydrogen) atoms. The smallest absolute Gasteiger partial charge is 0.0180 e. The van der Waals surface area contributed by atoms with E-state index in [0.717, 1.165) is 6.42 Å². The van der Waals surface area contributed by atoms with Crippen LogP contribution in [0.25, 0.3) is 0 Å². The second-order valence-corrected chi connectivity index (χ2v) is 3.97. The van der Waals surface area contributed by atoms with E-state index in [0.29, 0.717) is 12.6 Å². The van der Waals surface area contributed by atoms with Gasteiger partial charge >= 0.3 is 0 Å². The van der Waals surface area contributed by atoms with Gasteiger partial charge in [0.15, 0.2) is 0 Å². The molecule has 1 unspecified atom stereocenters. The van der Waals surface area contributed by atoms with E-state index < -0.39 is 0 Å². The molecule has 0 bridgehead atoms. The van der Waals surface area contributed by atoms with Crippen LogP contribution in [0.1, 0.15) is 24.0 Å². The maximum atomic E-state index is 5.70. The molecule has 1 aliphatic rings. The first-order valence-corrected chi connectivity index (χ1v) is 5.40. The Morgan fingerprint density at radius 1 is 1.29 bits per heavy atom. The van der Waals surface area contributed by atoms with E-state index in [2.05, 4.69) is 29.6 Å². The number of hydrogen-bond acceptors (Lipinski definition) is 2. The van der Waals surface area contributed by atoms with Gasteiger partial charge in [-0.15, -0.1) is 0 Å². The topological polar surface area (TPSA) is 38.0 Å². The predicted octanol–water partition coefficient (Wildman–Crippen LogP) is 1.44. The van der Waals surface area contributed by atoms with E-state index in [4.69, 9.17) is 5.73 Å². The van der Waals surface area contributed by atoms with Gasteiger partial charge in [0.2, 0.25) is 0 Å². The van der Waals surface area contributed by atoms with Gasteiger partial charge in [0.05, 0.1) is 0 Å². The molecule has 1 aromatic carbocycles. The highest BCUT2D eigenvalue weighted by Crippen LogP contribution is 2.15. The third-order valence-corrected chi connectivity index (χ3v) is 2.97. The third-order valence-electron chi connectivity index (χ3n) is 2.97. The van der Waals surface area contributed by atoms with Crippen LogP contribution in [0.3, 0.4) is 0 Å². The Morgan fingerprint density at radius 3 is 2.71 bits per heavy atom. The number of nitrogens with one attached hydrogen (secondary N) is 1. The van der Waals surface area contributed by atoms with Crippen LogP contribution >= 0.6 is 0 Å². The molecule has 1 atom stereocenters. The second kappa shape index (κ2) is 4.58. The summed E-state index contributed by atoms with van der Waals surface area (Å²) in [5, 5.41) is 3.52. The van der Waals surface area contributed by atoms with Crippen molar-refractivity contribution in [1.82, 2.24) is 5.32 Å². The van der Waals surface area contributed by atoms with Crippen molar-refractivity contribution in [3.05, 3.63) is 35.4 Å². The van der Waals surface area contributed by atoms with Crippen molar-refractivity contribution < 1.29 is 0 Å². The highest BCUT2D eigenvalue weighted by atomic mass is 14.9. The lowest BCUT2D eigenvalue weighted by Crippen LogP contribution is -2.24. The van der Waals surface area contributed by atoms with Crippen molar-refractivity contribution in [2.45, 2.75) is 31.8 Å². The van der Waals surface area contributed by atoms with Crippen LogP contribution in [0, 0.1) is 0 Å². The van der Waals surface area contributed by atoms with Crippen molar-refractivity contribution in [3.8, 4) is 0 Å². The van der Waals surface area contributed by atoms with Crippen molar-refractivity contribution >= 4 is 0 Å². The molecule has 0 radical (unpaired) electrons. The van der Waals surface area contributed by atoms with Crippen LogP contribution in [0.15, 0.2) is 24.3 Å². The molecule has 1 heterocycles. The van der Waals surface area contributed by atoms with E-state index >= 15 is 0 Å². The molecule has 2 rings (SSSR count). The minimum Gasteiger partial charge on any atom is -0.326 e. The first-order chi connectivity index (χ1) is 6.90. The van der Waals surface area contributed by atoms with Gasteiger partial charge in [0, 0.05) is 12.6 Å². The highest BCUT2D eigenvalue weighted by molar-refractivity contribution is 5.27. The fourth-order valence-electron chi connectivity index (χ4n) is 2.15. The lowest BCUT2D eigenvalue weighted by Gasteiger charge is -2.12. The molecule has 0 aliphatic carbocycles. The quantitative estimate of drug-likeness (QED) is 0.757. The van der Waals surface area contributed by atoms with Gasteiger partial charge in [0.25, 0.3) is 0 Å². The van der Waals surface area contributed by atoms with Crippen LogP contribution in [-0.2, 0) is 13.0 Å². The molecule has 0 saturated carbocycles. The molecular formula is C12H18N2. The van der Waals surface area contributed by atoms with Crippen LogP contribution in [0.4, 0.5) is 0 Å². The summed E-state index contributed by atoms with van der Waals surface area (Å²) in [6.07, 6.45) is 3.75. The lowest BCUT2D eigenvalue weighted by molar-refractivity contribution is 0.600. The Labute approximate surface area is 85.5 Å². The summed E-state index contributed by atoms with van der Waals surface area (Å²) in [6.45, 7) is 1.83. The molecule has 3 N–H and O–H groups in total. The van der Waals surface area contributed by atoms with Crippen LogP contribution in [0.5, 0.6) is 0 Å². The highest BCUT2D eigenvalue weighted by Gasteiger charge is 2.15. The number of hydrogen-bond donors (Lipinski definition) is 2. The first-order valence-electron chi connectivity index (χ1n) is 5.40. The Balaban J connectivity index is 2.07. The molecule has 1 saturated heterocycles. The zero-order valence-electron chi connectivity index (χ0n) is 8.50. The number of benzene rings is 1. The molecule has 76 valence electrons. The van der Waals surface area contributed by atoms with E-state index in [-0.39, 0.29) is 0 Å². The molecule has 2 nitrogen and oxygen atoms in total. The second-order valence-electron chi connectivity index (χ2n) is 3.97. The van der Waals surface area contributed by atoms with Gasteiger partial charge < -0.3 is 11.1 Å². The molecule has 0 aromatic heterocycles. The largest absolute Gasteiger partial charge is 0.326 e. The maximum absolute atomic E-state index is 5.70. The van der Waals surface area contributed by atoms with Gasteiger partial charge in [-0.05, 0) is 36.9 Å². The molecule has 1 fully saturated rings. The zero-order chi connectivity index (χ0) is 9.80. The Morgan fingerprint density at radius 2 is 2.07 bits per heavy atom. The third kappa shape index (κ3) is 2.14. The maximum Gasteiger partial charge on any atom is 0.0180 e. The van der Waals surface area contributed by atoms with Crippen molar-refractivity contribution in [3.63, 3.8) is 0 Å². The molecule has 1 aromatic rings. The summed E-state index contributed by atoms with van der Waals surface area (Å²) >= 11 is 0. The summed E-state index contributed by atoms with van der Waals surface area (Å²) in [6, 6.07) is 9.16. The summed E-state index contributed by atoms with van der Waals surface area (Å²) in [5.41, 5.74) is 8.41. The lowest BCUT2D eigenvalue weighted by atomic mass is 9.99. The molecule has 2 heteroatoms. The predicted molar refractivity (Wildman–Crippen MR) is 59.1 cm³/mol. The molecule has 1 aliphatic heterocycles. The van der Waals surface area contributed by atoms with Crippen molar-refractivity contribution in [2.24, 2.45) is 5.73 Å². The van der Waals surface area contributed by atoms with Crippen LogP contribution < -0.4 is 11.1 Å². The van der Waals surface area contributed by atoms with Gasteiger partial charge in [-0.25, -0.2) is 0 Å². The molecular weight excluding hydrogens is 172 g/mol. The fraction of sp³-hybridized carbons (Fsp3) is 0.500. The van der Waals surface area contributed by atoms with Gasteiger partial charge in [-0.3, -0.25) is 0 Å². The zero-order valence-corrected chi connectivity index (χ0v) is 8.50. The Bertz CT molecular complexity index is 290. The van der Waals surface area contributed by atoms with Gasteiger partial charge in [-0.1, -0.05) is 24.3 Å². The number of rotatable bonds is 3. The minimum absolute atomic E-state index is 0.656. The molecule has 0 amide bonds. The van der Waals surface area contributed by atoms with E-state index in [9.17, 15) is 0 Å². The SMILES string of the molecule is NCc1ccccc1CC1CCCN1. The van der Waals surface area contributed by atoms with Crippen LogP contribution in [0.2, 0.25) is 0 Å². The Hall–Kier alpha value is -0.860. The summed E-state index contributed by atoms with van der Waals surface area (Å²) in [4.78, 5) is 0. The fourth-order valence-corrected chi connectivity index (χ4v) is 2.15. The minimum atomic E-state index is 0.656. The van der Waals surface area contributed by atoms with Gasteiger partial charge in [0.1, 0.15) is 0 Å². The standard InChI is InChI=1S/C12H18N2/c13-9-11-5-2-1-4-10(11)8-12-6-3-7-14-12/h1-2,4-5,12,14H,3,6-9,13H2. The Kier molecular flexibility index (Phi) is 3.17. The summed E-state index contributed by atoms with van der Waals surface area (Å²) in [5.74, 6) is 0. The average Bonchev–Trinajstić information content (AvgIpc) is 2.71. The number of nitrogens with two attached hydrogens (primary N) is 1. The molecule has 0 spiro atoms. The van der Waals surface area contributed by atoms with Gasteiger partial charge in [-0.2, -0.15) is 0 Å². The van der Waals surface area contributed by atoms with E-state index in [1.165, 1.54) is 30.5 Å². The van der Waals surface area contributed by atoms with Crippen LogP contribution in [-0.4, -0.2) is 12.6 Å². The van der Waals surface area contributed by atoms with E-state index in [1.807, 2.05) is 0 Å². The summed E-state index contributed by atoms with van der Waals surface area (Å²) in [7, 11) is 0. The average molecular weight is 190 g/mol. The monoisotopic (exact) mass is 190 g/mol. The normalized spacial score (nSPS) is 21.4. The van der Waals surface area contributed by atoms with E-state index in [1.54, 1.807) is 0 Å². The van der Waals surface area contributed by atoms with Crippen molar-refractivity contribution in [1.29, 1.82) is 0 Å². The first kappa shape index (κ1) is 9.69. The summed E-state index contributed by atoms with van der Waals surface area (Å²) < 4.78 is 0.